The Morgan fingerprint density at radius 2 is 1.02 bits per heavy atom. The van der Waals surface area contributed by atoms with Crippen LogP contribution in [0.25, 0.3) is 66.9 Å². The second-order valence-electron chi connectivity index (χ2n) is 11.9. The minimum absolute atomic E-state index is 0.0966. The molecule has 2 nitrogen and oxygen atoms in total. The van der Waals surface area contributed by atoms with Crippen molar-refractivity contribution >= 4 is 10.8 Å². The van der Waals surface area contributed by atoms with E-state index in [1.807, 2.05) is 0 Å². The lowest BCUT2D eigenvalue weighted by Crippen LogP contribution is -2.15. The quantitative estimate of drug-likeness (QED) is 0.218. The maximum absolute atomic E-state index is 5.26. The highest BCUT2D eigenvalue weighted by Gasteiger charge is 2.35. The number of aromatic nitrogens is 2. The molecule has 0 unspecified atom stereocenters. The summed E-state index contributed by atoms with van der Waals surface area (Å²) in [5, 5.41) is 2.42. The van der Waals surface area contributed by atoms with Gasteiger partial charge in [-0.15, -0.1) is 0 Å². The minimum Gasteiger partial charge on any atom is -0.228 e. The first-order valence-corrected chi connectivity index (χ1v) is 14.8. The summed E-state index contributed by atoms with van der Waals surface area (Å²) in [6, 6.07) is 51.8. The van der Waals surface area contributed by atoms with Gasteiger partial charge in [-0.3, -0.25) is 0 Å². The molecular weight excluding hydrogens is 520 g/mol. The summed E-state index contributed by atoms with van der Waals surface area (Å²) < 4.78 is 0. The largest absolute Gasteiger partial charge is 0.228 e. The smallest absolute Gasteiger partial charge is 0.160 e. The Morgan fingerprint density at radius 3 is 1.86 bits per heavy atom. The molecule has 0 saturated carbocycles. The fourth-order valence-corrected chi connectivity index (χ4v) is 6.63. The van der Waals surface area contributed by atoms with Crippen molar-refractivity contribution in [3.8, 4) is 56.2 Å². The van der Waals surface area contributed by atoms with Crippen LogP contribution in [0.3, 0.4) is 0 Å². The van der Waals surface area contributed by atoms with E-state index in [1.165, 1.54) is 38.6 Å². The average Bonchev–Trinajstić information content (AvgIpc) is 3.30. The number of fused-ring (bicyclic) bond motifs is 4. The lowest BCUT2D eigenvalue weighted by Gasteiger charge is -2.22. The van der Waals surface area contributed by atoms with Crippen molar-refractivity contribution < 1.29 is 0 Å². The van der Waals surface area contributed by atoms with Crippen molar-refractivity contribution in [1.82, 2.24) is 9.97 Å². The lowest BCUT2D eigenvalue weighted by atomic mass is 9.82. The molecule has 0 aliphatic heterocycles. The van der Waals surface area contributed by atoms with Crippen LogP contribution in [-0.4, -0.2) is 9.97 Å². The minimum atomic E-state index is -0.0966. The highest BCUT2D eigenvalue weighted by atomic mass is 14.9. The third kappa shape index (κ3) is 4.26. The maximum Gasteiger partial charge on any atom is 0.160 e. The van der Waals surface area contributed by atoms with E-state index >= 15 is 0 Å². The highest BCUT2D eigenvalue weighted by Crippen LogP contribution is 2.49. The second kappa shape index (κ2) is 9.89. The maximum atomic E-state index is 5.26. The molecule has 0 spiro atoms. The fraction of sp³-hybridized carbons (Fsp3) is 0.0732. The van der Waals surface area contributed by atoms with Gasteiger partial charge in [-0.05, 0) is 62.4 Å². The van der Waals surface area contributed by atoms with Gasteiger partial charge in [0.2, 0.25) is 0 Å². The molecule has 6 aromatic carbocycles. The van der Waals surface area contributed by atoms with E-state index in [0.29, 0.717) is 0 Å². The normalized spacial score (nSPS) is 13.1. The van der Waals surface area contributed by atoms with E-state index in [-0.39, 0.29) is 5.41 Å². The number of hydrogen-bond donors (Lipinski definition) is 0. The van der Waals surface area contributed by atoms with Gasteiger partial charge in [0, 0.05) is 22.1 Å². The van der Waals surface area contributed by atoms with Crippen molar-refractivity contribution in [2.24, 2.45) is 0 Å². The number of rotatable bonds is 4. The molecule has 8 rings (SSSR count). The summed E-state index contributed by atoms with van der Waals surface area (Å²) in [5.74, 6) is 0.734. The van der Waals surface area contributed by atoms with Crippen LogP contribution in [0.4, 0.5) is 0 Å². The molecule has 1 aromatic heterocycles. The van der Waals surface area contributed by atoms with Gasteiger partial charge in [0.25, 0.3) is 0 Å². The summed E-state index contributed by atoms with van der Waals surface area (Å²) in [5.41, 5.74) is 12.5. The standard InChI is InChI=1S/C41H30N2/c1-41(2)36-19-11-10-17-33(36)34-23-22-31(25-37(34)41)40-42-38(30-21-20-27-12-6-7-15-29(27)24-30)26-39(43-40)35-18-9-8-16-32(35)28-13-4-3-5-14-28/h3-26H,1-2H3. The molecule has 0 amide bonds. The lowest BCUT2D eigenvalue weighted by molar-refractivity contribution is 0.660. The predicted molar refractivity (Wildman–Crippen MR) is 179 cm³/mol. The Labute approximate surface area is 252 Å². The SMILES string of the molecule is CC1(C)c2ccccc2-c2ccc(-c3nc(-c4ccc5ccccc5c4)cc(-c4ccccc4-c4ccccc4)n3)cc21. The zero-order chi connectivity index (χ0) is 29.0. The van der Waals surface area contributed by atoms with Gasteiger partial charge in [-0.25, -0.2) is 9.97 Å². The Hall–Kier alpha value is -5.34. The molecule has 0 N–H and O–H groups in total. The van der Waals surface area contributed by atoms with Crippen LogP contribution in [0.15, 0.2) is 146 Å². The second-order valence-corrected chi connectivity index (χ2v) is 11.9. The van der Waals surface area contributed by atoms with Crippen LogP contribution < -0.4 is 0 Å². The third-order valence-corrected chi connectivity index (χ3v) is 8.90. The van der Waals surface area contributed by atoms with Crippen LogP contribution in [0.5, 0.6) is 0 Å². The van der Waals surface area contributed by atoms with Gasteiger partial charge in [-0.2, -0.15) is 0 Å². The van der Waals surface area contributed by atoms with Crippen molar-refractivity contribution in [1.29, 1.82) is 0 Å². The third-order valence-electron chi connectivity index (χ3n) is 8.90. The zero-order valence-corrected chi connectivity index (χ0v) is 24.3. The van der Waals surface area contributed by atoms with E-state index in [4.69, 9.17) is 9.97 Å². The number of nitrogens with zero attached hydrogens (tertiary/aromatic N) is 2. The molecule has 1 aliphatic rings. The zero-order valence-electron chi connectivity index (χ0n) is 24.3. The molecule has 43 heavy (non-hydrogen) atoms. The van der Waals surface area contributed by atoms with Gasteiger partial charge in [0.15, 0.2) is 5.82 Å². The summed E-state index contributed by atoms with van der Waals surface area (Å²) >= 11 is 0. The Balaban J connectivity index is 1.34. The first-order chi connectivity index (χ1) is 21.1. The van der Waals surface area contributed by atoms with Crippen LogP contribution in [0.1, 0.15) is 25.0 Å². The summed E-state index contributed by atoms with van der Waals surface area (Å²) in [7, 11) is 0. The number of hydrogen-bond acceptors (Lipinski definition) is 2. The van der Waals surface area contributed by atoms with Crippen LogP contribution in [-0.2, 0) is 5.41 Å². The first-order valence-electron chi connectivity index (χ1n) is 14.8. The Morgan fingerprint density at radius 1 is 0.395 bits per heavy atom. The number of benzene rings is 6. The van der Waals surface area contributed by atoms with Gasteiger partial charge in [0.1, 0.15) is 0 Å². The van der Waals surface area contributed by atoms with Crippen LogP contribution >= 0.6 is 0 Å². The van der Waals surface area contributed by atoms with Crippen molar-refractivity contribution in [3.05, 3.63) is 157 Å². The first kappa shape index (κ1) is 25.4. The molecule has 1 heterocycles. The molecule has 2 heteroatoms. The molecule has 0 bridgehead atoms. The van der Waals surface area contributed by atoms with E-state index in [2.05, 4.69) is 159 Å². The summed E-state index contributed by atoms with van der Waals surface area (Å²) in [6.45, 7) is 4.63. The molecule has 0 atom stereocenters. The van der Waals surface area contributed by atoms with Crippen molar-refractivity contribution in [3.63, 3.8) is 0 Å². The van der Waals surface area contributed by atoms with Gasteiger partial charge < -0.3 is 0 Å². The Bertz CT molecular complexity index is 2160. The van der Waals surface area contributed by atoms with Crippen molar-refractivity contribution in [2.45, 2.75) is 19.3 Å². The predicted octanol–water partition coefficient (Wildman–Crippen LogP) is 10.6. The molecule has 0 saturated heterocycles. The fourth-order valence-electron chi connectivity index (χ4n) is 6.63. The van der Waals surface area contributed by atoms with Crippen LogP contribution in [0, 0.1) is 0 Å². The van der Waals surface area contributed by atoms with E-state index < -0.39 is 0 Å². The topological polar surface area (TPSA) is 25.8 Å². The van der Waals surface area contributed by atoms with Crippen LogP contribution in [0.2, 0.25) is 0 Å². The summed E-state index contributed by atoms with van der Waals surface area (Å²) in [6.07, 6.45) is 0. The van der Waals surface area contributed by atoms with E-state index in [0.717, 1.165) is 39.5 Å². The monoisotopic (exact) mass is 550 g/mol. The molecule has 1 aliphatic carbocycles. The average molecular weight is 551 g/mol. The molecular formula is C41H30N2. The summed E-state index contributed by atoms with van der Waals surface area (Å²) in [4.78, 5) is 10.5. The molecule has 7 aromatic rings. The van der Waals surface area contributed by atoms with E-state index in [9.17, 15) is 0 Å². The molecule has 0 fully saturated rings. The van der Waals surface area contributed by atoms with Crippen molar-refractivity contribution in [2.75, 3.05) is 0 Å². The molecule has 0 radical (unpaired) electrons. The van der Waals surface area contributed by atoms with Gasteiger partial charge in [0.05, 0.1) is 11.4 Å². The van der Waals surface area contributed by atoms with Gasteiger partial charge >= 0.3 is 0 Å². The van der Waals surface area contributed by atoms with Gasteiger partial charge in [-0.1, -0.05) is 141 Å². The molecule has 204 valence electrons. The Kier molecular flexibility index (Phi) is 5.84. The van der Waals surface area contributed by atoms with E-state index in [1.54, 1.807) is 0 Å². The highest BCUT2D eigenvalue weighted by molar-refractivity contribution is 5.89.